The van der Waals surface area contributed by atoms with Crippen LogP contribution in [0.2, 0.25) is 0 Å². The molecule has 0 spiro atoms. The number of methoxy groups -OCH3 is 2. The lowest BCUT2D eigenvalue weighted by Crippen LogP contribution is -2.32. The van der Waals surface area contributed by atoms with Crippen LogP contribution in [0.5, 0.6) is 11.5 Å². The smallest absolute Gasteiger partial charge is 0.263 e. The predicted molar refractivity (Wildman–Crippen MR) is 105 cm³/mol. The largest absolute Gasteiger partial charge is 0.496 e. The van der Waals surface area contributed by atoms with Crippen molar-refractivity contribution in [3.8, 4) is 11.5 Å². The normalized spacial score (nSPS) is 15.7. The highest BCUT2D eigenvalue weighted by molar-refractivity contribution is 6.11. The van der Waals surface area contributed by atoms with E-state index in [0.29, 0.717) is 29.3 Å². The van der Waals surface area contributed by atoms with Gasteiger partial charge in [-0.2, -0.15) is 0 Å². The summed E-state index contributed by atoms with van der Waals surface area (Å²) >= 11 is 0. The Morgan fingerprint density at radius 1 is 1.04 bits per heavy atom. The molecule has 2 amide bonds. The number of carbonyl (C=O) groups excluding carboxylic acids is 2. The Morgan fingerprint density at radius 3 is 2.39 bits per heavy atom. The molecule has 1 heterocycles. The van der Waals surface area contributed by atoms with E-state index in [-0.39, 0.29) is 17.6 Å². The highest BCUT2D eigenvalue weighted by Gasteiger charge is 2.21. The van der Waals surface area contributed by atoms with Crippen molar-refractivity contribution < 1.29 is 23.8 Å². The van der Waals surface area contributed by atoms with Gasteiger partial charge in [0, 0.05) is 13.2 Å². The summed E-state index contributed by atoms with van der Waals surface area (Å²) in [6, 6.07) is 11.9. The van der Waals surface area contributed by atoms with E-state index in [0.717, 1.165) is 19.4 Å². The third-order valence-electron chi connectivity index (χ3n) is 4.59. The number of anilines is 1. The molecule has 3 rings (SSSR count). The van der Waals surface area contributed by atoms with Gasteiger partial charge >= 0.3 is 0 Å². The van der Waals surface area contributed by atoms with E-state index in [1.165, 1.54) is 14.2 Å². The van der Waals surface area contributed by atoms with Gasteiger partial charge in [0.25, 0.3) is 11.8 Å². The fourth-order valence-electron chi connectivity index (χ4n) is 3.16. The van der Waals surface area contributed by atoms with E-state index in [9.17, 15) is 9.59 Å². The lowest BCUT2D eigenvalue weighted by Gasteiger charge is -2.15. The molecule has 1 aliphatic heterocycles. The zero-order valence-electron chi connectivity index (χ0n) is 16.0. The topological polar surface area (TPSA) is 85.9 Å². The average Bonchev–Trinajstić information content (AvgIpc) is 3.25. The number of rotatable bonds is 7. The highest BCUT2D eigenvalue weighted by Crippen LogP contribution is 2.29. The molecule has 1 aliphatic rings. The summed E-state index contributed by atoms with van der Waals surface area (Å²) in [5.74, 6) is 0.0846. The molecular formula is C21H24N2O5. The number of amides is 2. The van der Waals surface area contributed by atoms with Gasteiger partial charge in [-0.15, -0.1) is 0 Å². The molecule has 7 nitrogen and oxygen atoms in total. The molecule has 0 aromatic heterocycles. The molecule has 7 heteroatoms. The van der Waals surface area contributed by atoms with E-state index < -0.39 is 5.91 Å². The molecule has 2 aromatic rings. The van der Waals surface area contributed by atoms with Gasteiger partial charge in [-0.1, -0.05) is 18.2 Å². The quantitative estimate of drug-likeness (QED) is 0.767. The van der Waals surface area contributed by atoms with E-state index in [1.54, 1.807) is 42.5 Å². The van der Waals surface area contributed by atoms with Gasteiger partial charge in [-0.05, 0) is 37.1 Å². The van der Waals surface area contributed by atoms with Crippen LogP contribution in [0.25, 0.3) is 0 Å². The Hall–Kier alpha value is -3.06. The van der Waals surface area contributed by atoms with Crippen molar-refractivity contribution in [1.82, 2.24) is 5.32 Å². The first-order valence-electron chi connectivity index (χ1n) is 9.15. The van der Waals surface area contributed by atoms with Crippen molar-refractivity contribution >= 4 is 17.5 Å². The second-order valence-electron chi connectivity index (χ2n) is 6.38. The number of carbonyl (C=O) groups is 2. The van der Waals surface area contributed by atoms with Crippen LogP contribution in [0.3, 0.4) is 0 Å². The molecule has 28 heavy (non-hydrogen) atoms. The number of para-hydroxylation sites is 1. The van der Waals surface area contributed by atoms with Crippen molar-refractivity contribution in [3.05, 3.63) is 53.6 Å². The van der Waals surface area contributed by atoms with Gasteiger partial charge < -0.3 is 24.8 Å². The lowest BCUT2D eigenvalue weighted by atomic mass is 10.1. The minimum Gasteiger partial charge on any atom is -0.496 e. The van der Waals surface area contributed by atoms with Crippen LogP contribution >= 0.6 is 0 Å². The molecule has 0 saturated carbocycles. The fourth-order valence-corrected chi connectivity index (χ4v) is 3.16. The summed E-state index contributed by atoms with van der Waals surface area (Å²) in [5, 5.41) is 5.67. The average molecular weight is 384 g/mol. The van der Waals surface area contributed by atoms with Gasteiger partial charge in [-0.3, -0.25) is 9.59 Å². The number of ether oxygens (including phenoxy) is 3. The third kappa shape index (κ3) is 4.43. The van der Waals surface area contributed by atoms with Gasteiger partial charge in [0.05, 0.1) is 31.6 Å². The predicted octanol–water partition coefficient (Wildman–Crippen LogP) is 2.86. The van der Waals surface area contributed by atoms with Crippen LogP contribution in [0, 0.1) is 0 Å². The van der Waals surface area contributed by atoms with Crippen molar-refractivity contribution in [3.63, 3.8) is 0 Å². The molecule has 1 atom stereocenters. The number of hydrogen-bond acceptors (Lipinski definition) is 5. The van der Waals surface area contributed by atoms with Crippen LogP contribution in [0.1, 0.15) is 33.6 Å². The monoisotopic (exact) mass is 384 g/mol. The first-order chi connectivity index (χ1) is 13.6. The summed E-state index contributed by atoms with van der Waals surface area (Å²) in [5.41, 5.74) is 1.05. The van der Waals surface area contributed by atoms with E-state index in [1.807, 2.05) is 0 Å². The Kier molecular flexibility index (Phi) is 6.49. The summed E-state index contributed by atoms with van der Waals surface area (Å²) in [7, 11) is 2.97. The van der Waals surface area contributed by atoms with Gasteiger partial charge in [0.2, 0.25) is 0 Å². The molecule has 0 radical (unpaired) electrons. The SMILES string of the molecule is COc1cccc(OC)c1C(=O)Nc1ccccc1C(=O)NC[C@H]1CCCO1. The van der Waals surface area contributed by atoms with Crippen molar-refractivity contribution in [2.45, 2.75) is 18.9 Å². The van der Waals surface area contributed by atoms with Crippen LogP contribution in [0.15, 0.2) is 42.5 Å². The number of hydrogen-bond donors (Lipinski definition) is 2. The van der Waals surface area contributed by atoms with Crippen LogP contribution in [-0.2, 0) is 4.74 Å². The maximum absolute atomic E-state index is 12.9. The molecular weight excluding hydrogens is 360 g/mol. The number of nitrogens with one attached hydrogen (secondary N) is 2. The summed E-state index contributed by atoms with van der Waals surface area (Å²) in [6.45, 7) is 1.18. The Labute approximate surface area is 164 Å². The summed E-state index contributed by atoms with van der Waals surface area (Å²) < 4.78 is 16.1. The first-order valence-corrected chi connectivity index (χ1v) is 9.15. The van der Waals surface area contributed by atoms with Gasteiger partial charge in [0.15, 0.2) is 0 Å². The molecule has 148 valence electrons. The Bertz CT molecular complexity index is 824. The van der Waals surface area contributed by atoms with Gasteiger partial charge in [-0.25, -0.2) is 0 Å². The Morgan fingerprint density at radius 2 is 1.75 bits per heavy atom. The molecule has 0 bridgehead atoms. The molecule has 1 saturated heterocycles. The molecule has 2 aromatic carbocycles. The Balaban J connectivity index is 1.78. The zero-order valence-corrected chi connectivity index (χ0v) is 16.0. The molecule has 0 unspecified atom stereocenters. The summed E-state index contributed by atoms with van der Waals surface area (Å²) in [4.78, 5) is 25.5. The lowest BCUT2D eigenvalue weighted by molar-refractivity contribution is 0.0858. The van der Waals surface area contributed by atoms with Crippen LogP contribution in [0.4, 0.5) is 5.69 Å². The highest BCUT2D eigenvalue weighted by atomic mass is 16.5. The van der Waals surface area contributed by atoms with Gasteiger partial charge in [0.1, 0.15) is 17.1 Å². The first kappa shape index (κ1) is 19.7. The van der Waals surface area contributed by atoms with E-state index in [4.69, 9.17) is 14.2 Å². The second-order valence-corrected chi connectivity index (χ2v) is 6.38. The number of benzene rings is 2. The minimum absolute atomic E-state index is 0.0449. The van der Waals surface area contributed by atoms with E-state index in [2.05, 4.69) is 10.6 Å². The van der Waals surface area contributed by atoms with Crippen molar-refractivity contribution in [2.75, 3.05) is 32.7 Å². The van der Waals surface area contributed by atoms with Crippen molar-refractivity contribution in [2.24, 2.45) is 0 Å². The maximum Gasteiger partial charge on any atom is 0.263 e. The fraction of sp³-hybridized carbons (Fsp3) is 0.333. The molecule has 2 N–H and O–H groups in total. The summed E-state index contributed by atoms with van der Waals surface area (Å²) in [6.07, 6.45) is 1.99. The van der Waals surface area contributed by atoms with Crippen LogP contribution in [-0.4, -0.2) is 45.3 Å². The van der Waals surface area contributed by atoms with Crippen molar-refractivity contribution in [1.29, 1.82) is 0 Å². The standard InChI is InChI=1S/C21H24N2O5/c1-26-17-10-5-11-18(27-2)19(17)21(25)23-16-9-4-3-8-15(16)20(24)22-13-14-7-6-12-28-14/h3-5,8-11,14H,6-7,12-13H2,1-2H3,(H,22,24)(H,23,25)/t14-/m1/s1. The molecule has 1 fully saturated rings. The van der Waals surface area contributed by atoms with Crippen LogP contribution < -0.4 is 20.1 Å². The van der Waals surface area contributed by atoms with E-state index >= 15 is 0 Å². The second kappa shape index (κ2) is 9.23. The molecule has 0 aliphatic carbocycles. The third-order valence-corrected chi connectivity index (χ3v) is 4.59. The zero-order chi connectivity index (χ0) is 19.9. The maximum atomic E-state index is 12.9. The minimum atomic E-state index is -0.423.